The number of ether oxygens (including phenoxy) is 3. The first-order valence-corrected chi connectivity index (χ1v) is 13.2. The molecule has 4 fully saturated rings. The highest BCUT2D eigenvalue weighted by atomic mass is 79.9. The van der Waals surface area contributed by atoms with Gasteiger partial charge in [0.2, 0.25) is 0 Å². The van der Waals surface area contributed by atoms with Gasteiger partial charge in [-0.25, -0.2) is 4.79 Å². The van der Waals surface area contributed by atoms with E-state index in [0.717, 1.165) is 44.9 Å². The van der Waals surface area contributed by atoms with Crippen molar-refractivity contribution in [2.75, 3.05) is 13.2 Å². The third-order valence-corrected chi connectivity index (χ3v) is 12.3. The predicted octanol–water partition coefficient (Wildman–Crippen LogP) is 5.16. The summed E-state index contributed by atoms with van der Waals surface area (Å²) in [5.74, 6) is 1.27. The molecule has 0 spiro atoms. The maximum atomic E-state index is 12.1. The van der Waals surface area contributed by atoms with E-state index in [1.165, 1.54) is 0 Å². The Kier molecular flexibility index (Phi) is 6.39. The van der Waals surface area contributed by atoms with Crippen LogP contribution in [-0.4, -0.2) is 46.0 Å². The minimum atomic E-state index is -0.308. The molecule has 0 aromatic carbocycles. The van der Waals surface area contributed by atoms with E-state index in [9.17, 15) is 9.59 Å². The predicted molar refractivity (Wildman–Crippen MR) is 121 cm³/mol. The molecule has 0 aromatic rings. The van der Waals surface area contributed by atoms with Gasteiger partial charge in [0.05, 0.1) is 0 Å². The van der Waals surface area contributed by atoms with Gasteiger partial charge in [-0.15, -0.1) is 0 Å². The fourth-order valence-corrected chi connectivity index (χ4v) is 9.35. The second kappa shape index (κ2) is 8.33. The zero-order valence-electron chi connectivity index (χ0n) is 18.3. The fraction of sp³-hybridized carbons (Fsp3) is 0.913. The van der Waals surface area contributed by atoms with Crippen LogP contribution < -0.4 is 0 Å². The molecule has 0 N–H and O–H groups in total. The molecule has 0 unspecified atom stereocenters. The van der Waals surface area contributed by atoms with Crippen LogP contribution in [0.5, 0.6) is 0 Å². The molecule has 0 bridgehead atoms. The average molecular weight is 550 g/mol. The van der Waals surface area contributed by atoms with Crippen LogP contribution in [-0.2, 0) is 23.8 Å². The summed E-state index contributed by atoms with van der Waals surface area (Å²) in [6.45, 7) is 7.01. The van der Waals surface area contributed by atoms with Crippen molar-refractivity contribution in [3.05, 3.63) is 0 Å². The molecule has 7 heteroatoms. The topological polar surface area (TPSA) is 61.8 Å². The maximum Gasteiger partial charge on any atom is 0.332 e. The lowest BCUT2D eigenvalue weighted by Crippen LogP contribution is -2.66. The summed E-state index contributed by atoms with van der Waals surface area (Å²) < 4.78 is 16.8. The van der Waals surface area contributed by atoms with Gasteiger partial charge in [0.1, 0.15) is 18.3 Å². The quantitative estimate of drug-likeness (QED) is 0.358. The van der Waals surface area contributed by atoms with Gasteiger partial charge >= 0.3 is 11.9 Å². The molecule has 5 nitrogen and oxygen atoms in total. The third-order valence-electron chi connectivity index (χ3n) is 8.75. The van der Waals surface area contributed by atoms with Gasteiger partial charge in [0, 0.05) is 34.5 Å². The zero-order valence-corrected chi connectivity index (χ0v) is 21.4. The van der Waals surface area contributed by atoms with Gasteiger partial charge in [-0.2, -0.15) is 0 Å². The second-order valence-electron chi connectivity index (χ2n) is 10.2. The van der Waals surface area contributed by atoms with Gasteiger partial charge in [0.25, 0.3) is 0 Å². The SMILES string of the molecule is CCOCC(=O)O[C@H]1CC[C@]2(C)[C@H]3CC[C@]4(C)OC(=O)CC[C@H]4[C@@H]3C[C@@H](Br)[C@@]2(Br)C1. The van der Waals surface area contributed by atoms with E-state index >= 15 is 0 Å². The molecule has 1 heterocycles. The Hall–Kier alpha value is -0.140. The molecule has 0 aromatic heterocycles. The molecule has 4 aliphatic rings. The normalized spacial score (nSPS) is 48.0. The number of carbonyl (C=O) groups is 2. The zero-order chi connectivity index (χ0) is 21.7. The second-order valence-corrected chi connectivity index (χ2v) is 12.7. The highest BCUT2D eigenvalue weighted by Crippen LogP contribution is 2.68. The van der Waals surface area contributed by atoms with Crippen LogP contribution in [0.4, 0.5) is 0 Å². The summed E-state index contributed by atoms with van der Waals surface area (Å²) in [5, 5.41) is 0. The molecular formula is C23H34Br2O5. The molecule has 3 saturated carbocycles. The molecule has 0 radical (unpaired) electrons. The van der Waals surface area contributed by atoms with Crippen LogP contribution in [0.3, 0.4) is 0 Å². The highest BCUT2D eigenvalue weighted by molar-refractivity contribution is 9.12. The van der Waals surface area contributed by atoms with Crippen molar-refractivity contribution in [2.24, 2.45) is 23.2 Å². The van der Waals surface area contributed by atoms with E-state index in [2.05, 4.69) is 45.7 Å². The van der Waals surface area contributed by atoms with E-state index in [4.69, 9.17) is 14.2 Å². The van der Waals surface area contributed by atoms with Crippen molar-refractivity contribution in [3.63, 3.8) is 0 Å². The Bertz CT molecular complexity index is 701. The molecule has 30 heavy (non-hydrogen) atoms. The summed E-state index contributed by atoms with van der Waals surface area (Å²) >= 11 is 8.24. The Balaban J connectivity index is 1.53. The number of halogens is 2. The fourth-order valence-electron chi connectivity index (χ4n) is 7.17. The van der Waals surface area contributed by atoms with Gasteiger partial charge in [-0.1, -0.05) is 38.8 Å². The summed E-state index contributed by atoms with van der Waals surface area (Å²) in [6.07, 6.45) is 7.24. The number of alkyl halides is 2. The van der Waals surface area contributed by atoms with Crippen molar-refractivity contribution in [1.82, 2.24) is 0 Å². The lowest BCUT2D eigenvalue weighted by molar-refractivity contribution is -0.201. The van der Waals surface area contributed by atoms with Crippen LogP contribution in [0.2, 0.25) is 0 Å². The van der Waals surface area contributed by atoms with E-state index in [1.807, 2.05) is 6.92 Å². The van der Waals surface area contributed by atoms with Gasteiger partial charge in [-0.05, 0) is 69.6 Å². The molecule has 0 amide bonds. The first kappa shape index (κ1) is 23.0. The van der Waals surface area contributed by atoms with Crippen molar-refractivity contribution >= 4 is 43.8 Å². The Labute approximate surface area is 196 Å². The number of carbonyl (C=O) groups excluding carboxylic acids is 2. The van der Waals surface area contributed by atoms with Crippen molar-refractivity contribution < 1.29 is 23.8 Å². The molecule has 1 saturated heterocycles. The minimum Gasteiger partial charge on any atom is -0.461 e. The van der Waals surface area contributed by atoms with E-state index in [-0.39, 0.29) is 44.8 Å². The van der Waals surface area contributed by atoms with Crippen LogP contribution in [0.1, 0.15) is 72.1 Å². The van der Waals surface area contributed by atoms with E-state index in [1.54, 1.807) is 0 Å². The Morgan fingerprint density at radius 2 is 1.97 bits per heavy atom. The number of hydrogen-bond acceptors (Lipinski definition) is 5. The van der Waals surface area contributed by atoms with E-state index in [0.29, 0.717) is 30.8 Å². The first-order valence-electron chi connectivity index (χ1n) is 11.4. The molecular weight excluding hydrogens is 516 g/mol. The van der Waals surface area contributed by atoms with Crippen LogP contribution in [0, 0.1) is 23.2 Å². The van der Waals surface area contributed by atoms with E-state index < -0.39 is 0 Å². The highest BCUT2D eigenvalue weighted by Gasteiger charge is 2.66. The lowest BCUT2D eigenvalue weighted by atomic mass is 9.45. The lowest BCUT2D eigenvalue weighted by Gasteiger charge is -2.66. The summed E-state index contributed by atoms with van der Waals surface area (Å²) in [5.41, 5.74) is -0.201. The number of rotatable bonds is 4. The van der Waals surface area contributed by atoms with Crippen LogP contribution in [0.25, 0.3) is 0 Å². The van der Waals surface area contributed by atoms with Gasteiger partial charge in [-0.3, -0.25) is 4.79 Å². The average Bonchev–Trinajstić information content (AvgIpc) is 2.67. The van der Waals surface area contributed by atoms with Gasteiger partial charge in [0.15, 0.2) is 0 Å². The summed E-state index contributed by atoms with van der Waals surface area (Å²) in [4.78, 5) is 24.4. The number of esters is 2. The summed E-state index contributed by atoms with van der Waals surface area (Å²) in [6, 6.07) is 0. The largest absolute Gasteiger partial charge is 0.461 e. The maximum absolute atomic E-state index is 12.1. The molecule has 8 atom stereocenters. The minimum absolute atomic E-state index is 0.0287. The Morgan fingerprint density at radius 3 is 2.70 bits per heavy atom. The van der Waals surface area contributed by atoms with Crippen molar-refractivity contribution in [3.8, 4) is 0 Å². The van der Waals surface area contributed by atoms with Crippen LogP contribution in [0.15, 0.2) is 0 Å². The van der Waals surface area contributed by atoms with Crippen molar-refractivity contribution in [1.29, 1.82) is 0 Å². The number of hydrogen-bond donors (Lipinski definition) is 0. The molecule has 3 aliphatic carbocycles. The monoisotopic (exact) mass is 548 g/mol. The Morgan fingerprint density at radius 1 is 1.20 bits per heavy atom. The van der Waals surface area contributed by atoms with Crippen molar-refractivity contribution in [2.45, 2.75) is 93.0 Å². The standard InChI is InChI=1S/C23H34Br2O5/c1-4-28-13-20(27)29-14-7-9-21(2)16-8-10-22(3)17(5-6-19(26)30-22)15(16)11-18(24)23(21,25)12-14/h14-18H,4-13H2,1-3H3/t14-,15+,16-,17-,18+,21+,22-,23-/m0/s1. The van der Waals surface area contributed by atoms with Gasteiger partial charge < -0.3 is 14.2 Å². The number of fused-ring (bicyclic) bond motifs is 5. The molecule has 4 rings (SSSR count). The summed E-state index contributed by atoms with van der Waals surface area (Å²) in [7, 11) is 0. The molecule has 1 aliphatic heterocycles. The smallest absolute Gasteiger partial charge is 0.332 e. The molecule has 170 valence electrons. The van der Waals surface area contributed by atoms with Crippen LogP contribution >= 0.6 is 31.9 Å². The first-order chi connectivity index (χ1) is 14.1. The third kappa shape index (κ3) is 3.68.